The number of benzene rings is 1. The molecule has 1 heterocycles. The van der Waals surface area contributed by atoms with E-state index in [0.717, 1.165) is 12.1 Å². The van der Waals surface area contributed by atoms with Crippen molar-refractivity contribution in [3.63, 3.8) is 0 Å². The number of alkyl halides is 3. The van der Waals surface area contributed by atoms with E-state index in [1.165, 1.54) is 6.07 Å². The lowest BCUT2D eigenvalue weighted by Gasteiger charge is -2.16. The van der Waals surface area contributed by atoms with Crippen LogP contribution in [-0.2, 0) is 10.0 Å². The molecule has 0 unspecified atom stereocenters. The number of anilines is 1. The second-order valence-corrected chi connectivity index (χ2v) is 5.52. The molecule has 0 atom stereocenters. The van der Waals surface area contributed by atoms with Gasteiger partial charge in [-0.25, -0.2) is 12.7 Å². The predicted molar refractivity (Wildman–Crippen MR) is 55.1 cm³/mol. The molecule has 2 rings (SSSR count). The molecule has 18 heavy (non-hydrogen) atoms. The third kappa shape index (κ3) is 1.90. The number of nitrogen functional groups attached to an aromatic ring is 1. The van der Waals surface area contributed by atoms with Gasteiger partial charge >= 0.3 is 6.18 Å². The van der Waals surface area contributed by atoms with Crippen LogP contribution in [-0.4, -0.2) is 31.4 Å². The van der Waals surface area contributed by atoms with Crippen molar-refractivity contribution in [2.75, 3.05) is 12.3 Å². The highest BCUT2D eigenvalue weighted by atomic mass is 32.2. The Morgan fingerprint density at radius 1 is 1.28 bits per heavy atom. The minimum atomic E-state index is -4.80. The fourth-order valence-corrected chi connectivity index (χ4v) is 3.20. The number of nitrogens with zero attached hydrogens (tertiary/aromatic N) is 1. The molecule has 0 aliphatic carbocycles. The maximum atomic E-state index is 12.2. The van der Waals surface area contributed by atoms with E-state index in [9.17, 15) is 26.4 Å². The maximum Gasteiger partial charge on any atom is 0.407 e. The molecule has 2 N–H and O–H groups in total. The molecule has 0 aromatic heterocycles. The van der Waals surface area contributed by atoms with Crippen molar-refractivity contribution in [2.45, 2.75) is 11.1 Å². The van der Waals surface area contributed by atoms with Crippen LogP contribution in [0.3, 0.4) is 0 Å². The third-order valence-corrected chi connectivity index (χ3v) is 4.12. The summed E-state index contributed by atoms with van der Waals surface area (Å²) in [6, 6.07) is 3.32. The Morgan fingerprint density at radius 2 is 1.89 bits per heavy atom. The largest absolute Gasteiger partial charge is 0.407 e. The van der Waals surface area contributed by atoms with E-state index in [-0.39, 0.29) is 15.6 Å². The lowest BCUT2D eigenvalue weighted by molar-refractivity contribution is -0.132. The Morgan fingerprint density at radius 3 is 2.44 bits per heavy atom. The van der Waals surface area contributed by atoms with Gasteiger partial charge < -0.3 is 5.73 Å². The van der Waals surface area contributed by atoms with Crippen LogP contribution >= 0.6 is 0 Å². The lowest BCUT2D eigenvalue weighted by atomic mass is 10.2. The number of sulfonamides is 1. The molecule has 0 saturated heterocycles. The van der Waals surface area contributed by atoms with Gasteiger partial charge in [-0.3, -0.25) is 4.79 Å². The first kappa shape index (κ1) is 12.7. The number of amides is 1. The Hall–Kier alpha value is -1.77. The van der Waals surface area contributed by atoms with Gasteiger partial charge in [0.1, 0.15) is 11.4 Å². The lowest BCUT2D eigenvalue weighted by Crippen LogP contribution is -2.38. The molecule has 0 fully saturated rings. The summed E-state index contributed by atoms with van der Waals surface area (Å²) in [4.78, 5) is 11.1. The van der Waals surface area contributed by atoms with Gasteiger partial charge in [-0.05, 0) is 18.2 Å². The van der Waals surface area contributed by atoms with Crippen molar-refractivity contribution < 1.29 is 26.4 Å². The Labute approximate surface area is 100 Å². The smallest absolute Gasteiger partial charge is 0.399 e. The van der Waals surface area contributed by atoms with Gasteiger partial charge in [0.25, 0.3) is 15.9 Å². The van der Waals surface area contributed by atoms with Crippen LogP contribution in [0.1, 0.15) is 10.4 Å². The van der Waals surface area contributed by atoms with Gasteiger partial charge in [-0.2, -0.15) is 13.2 Å². The number of hydrogen-bond donors (Lipinski definition) is 1. The second-order valence-electron chi connectivity index (χ2n) is 3.69. The summed E-state index contributed by atoms with van der Waals surface area (Å²) in [5.74, 6) is -1.19. The summed E-state index contributed by atoms with van der Waals surface area (Å²) in [5.41, 5.74) is 5.11. The maximum absolute atomic E-state index is 12.2. The van der Waals surface area contributed by atoms with Crippen LogP contribution in [0.25, 0.3) is 0 Å². The van der Waals surface area contributed by atoms with Gasteiger partial charge in [0, 0.05) is 5.69 Å². The first-order valence-electron chi connectivity index (χ1n) is 4.66. The highest BCUT2D eigenvalue weighted by Gasteiger charge is 2.46. The van der Waals surface area contributed by atoms with E-state index in [0.29, 0.717) is 0 Å². The first-order chi connectivity index (χ1) is 8.13. The number of fused-ring (bicyclic) bond motifs is 1. The second kappa shape index (κ2) is 3.61. The number of rotatable bonds is 1. The fraction of sp³-hybridized carbons (Fsp3) is 0.222. The quantitative estimate of drug-likeness (QED) is 0.777. The van der Waals surface area contributed by atoms with Crippen molar-refractivity contribution in [3.05, 3.63) is 23.8 Å². The summed E-state index contributed by atoms with van der Waals surface area (Å²) in [5, 5.41) is 0. The molecule has 0 spiro atoms. The summed E-state index contributed by atoms with van der Waals surface area (Å²) >= 11 is 0. The van der Waals surface area contributed by atoms with Crippen molar-refractivity contribution in [1.82, 2.24) is 4.31 Å². The molecule has 1 aromatic carbocycles. The minimum absolute atomic E-state index is 0.0546. The van der Waals surface area contributed by atoms with Crippen LogP contribution in [0.15, 0.2) is 23.1 Å². The van der Waals surface area contributed by atoms with Gasteiger partial charge in [-0.1, -0.05) is 0 Å². The third-order valence-electron chi connectivity index (χ3n) is 2.35. The molecule has 1 aliphatic heterocycles. The Balaban J connectivity index is 2.55. The van der Waals surface area contributed by atoms with Crippen molar-refractivity contribution in [2.24, 2.45) is 0 Å². The molecule has 0 radical (unpaired) electrons. The Bertz CT molecular complexity index is 624. The van der Waals surface area contributed by atoms with Crippen molar-refractivity contribution in [3.8, 4) is 0 Å². The zero-order valence-corrected chi connectivity index (χ0v) is 9.55. The summed E-state index contributed by atoms with van der Waals surface area (Å²) in [6.45, 7) is -1.84. The molecule has 0 saturated carbocycles. The van der Waals surface area contributed by atoms with E-state index >= 15 is 0 Å². The summed E-state index contributed by atoms with van der Waals surface area (Å²) < 4.78 is 60.1. The van der Waals surface area contributed by atoms with Crippen LogP contribution in [0.5, 0.6) is 0 Å². The molecule has 1 aliphatic rings. The van der Waals surface area contributed by atoms with E-state index in [2.05, 4.69) is 0 Å². The first-order valence-corrected chi connectivity index (χ1v) is 6.10. The topological polar surface area (TPSA) is 80.5 Å². The molecular formula is C9H7F3N2O3S. The Kier molecular flexibility index (Phi) is 2.54. The number of carbonyl (C=O) groups excluding carboxylic acids is 1. The van der Waals surface area contributed by atoms with E-state index in [1.807, 2.05) is 0 Å². The van der Waals surface area contributed by atoms with Crippen LogP contribution in [0, 0.1) is 0 Å². The van der Waals surface area contributed by atoms with E-state index in [4.69, 9.17) is 5.73 Å². The minimum Gasteiger partial charge on any atom is -0.399 e. The zero-order chi connectivity index (χ0) is 13.7. The average Bonchev–Trinajstić information content (AvgIpc) is 2.38. The van der Waals surface area contributed by atoms with Crippen molar-refractivity contribution in [1.29, 1.82) is 0 Å². The number of carbonyl (C=O) groups is 1. The van der Waals surface area contributed by atoms with Crippen LogP contribution in [0.4, 0.5) is 18.9 Å². The molecular weight excluding hydrogens is 273 g/mol. The van der Waals surface area contributed by atoms with Crippen molar-refractivity contribution >= 4 is 21.6 Å². The van der Waals surface area contributed by atoms with Gasteiger partial charge in [0.15, 0.2) is 0 Å². The molecule has 1 aromatic rings. The predicted octanol–water partition coefficient (Wildman–Crippen LogP) is 0.976. The molecule has 0 bridgehead atoms. The number of hydrogen-bond acceptors (Lipinski definition) is 4. The normalized spacial score (nSPS) is 17.9. The SMILES string of the molecule is Nc1ccc2c(c1)S(=O)(=O)N(CC(F)(F)F)C2=O. The molecule has 1 amide bonds. The highest BCUT2D eigenvalue weighted by molar-refractivity contribution is 7.90. The monoisotopic (exact) mass is 280 g/mol. The van der Waals surface area contributed by atoms with Crippen LogP contribution < -0.4 is 5.73 Å². The van der Waals surface area contributed by atoms with E-state index in [1.54, 1.807) is 0 Å². The van der Waals surface area contributed by atoms with E-state index < -0.39 is 33.5 Å². The zero-order valence-electron chi connectivity index (χ0n) is 8.73. The number of nitrogens with two attached hydrogens (primary N) is 1. The molecule has 5 nitrogen and oxygen atoms in total. The highest BCUT2D eigenvalue weighted by Crippen LogP contribution is 2.33. The van der Waals surface area contributed by atoms with Gasteiger partial charge in [-0.15, -0.1) is 0 Å². The summed E-state index contributed by atoms with van der Waals surface area (Å²) in [7, 11) is -4.47. The fourth-order valence-electron chi connectivity index (χ4n) is 1.61. The standard InChI is InChI=1S/C9H7F3N2O3S/c10-9(11,12)4-14-8(15)6-2-1-5(13)3-7(6)18(14,16)17/h1-3H,4,13H2. The van der Waals surface area contributed by atoms with Crippen LogP contribution in [0.2, 0.25) is 0 Å². The molecule has 9 heteroatoms. The average molecular weight is 280 g/mol. The van der Waals surface area contributed by atoms with Gasteiger partial charge in [0.05, 0.1) is 5.56 Å². The van der Waals surface area contributed by atoms with Gasteiger partial charge in [0.2, 0.25) is 0 Å². The summed E-state index contributed by atoms with van der Waals surface area (Å²) in [6.07, 6.45) is -4.80. The number of halogens is 3. The molecule has 98 valence electrons.